The average Bonchev–Trinajstić information content (AvgIpc) is 2.84. The zero-order valence-corrected chi connectivity index (χ0v) is 21.1. The van der Waals surface area contributed by atoms with Crippen molar-refractivity contribution in [3.63, 3.8) is 0 Å². The lowest BCUT2D eigenvalue weighted by Crippen LogP contribution is -2.29. The Labute approximate surface area is 203 Å². The Morgan fingerprint density at radius 2 is 1.61 bits per heavy atom. The maximum absolute atomic E-state index is 6.20. The lowest BCUT2D eigenvalue weighted by Gasteiger charge is -2.20. The van der Waals surface area contributed by atoms with Crippen molar-refractivity contribution in [1.29, 1.82) is 0 Å². The molecule has 1 heterocycles. The summed E-state index contributed by atoms with van der Waals surface area (Å²) in [6, 6.07) is 18.5. The van der Waals surface area contributed by atoms with Gasteiger partial charge < -0.3 is 18.9 Å². The molecule has 0 saturated carbocycles. The van der Waals surface area contributed by atoms with Crippen LogP contribution in [-0.4, -0.2) is 45.2 Å². The smallest absolute Gasteiger partial charge is 0.187 e. The summed E-state index contributed by atoms with van der Waals surface area (Å²) >= 11 is 3.62. The van der Waals surface area contributed by atoms with E-state index in [2.05, 4.69) is 57.9 Å². The van der Waals surface area contributed by atoms with Gasteiger partial charge in [0.05, 0.1) is 32.2 Å². The Morgan fingerprint density at radius 1 is 0.848 bits per heavy atom. The zero-order valence-electron chi connectivity index (χ0n) is 19.5. The Morgan fingerprint density at radius 3 is 2.30 bits per heavy atom. The van der Waals surface area contributed by atoms with Crippen molar-refractivity contribution in [3.8, 4) is 23.0 Å². The highest BCUT2D eigenvalue weighted by molar-refractivity contribution is 9.10. The fourth-order valence-corrected chi connectivity index (χ4v) is 4.86. The van der Waals surface area contributed by atoms with Crippen LogP contribution in [0.4, 0.5) is 0 Å². The number of benzene rings is 3. The number of halogens is 1. The molecular weight excluding hydrogens is 482 g/mol. The van der Waals surface area contributed by atoms with Crippen LogP contribution in [0.1, 0.15) is 22.3 Å². The largest absolute Gasteiger partial charge is 0.493 e. The van der Waals surface area contributed by atoms with Crippen molar-refractivity contribution in [2.75, 3.05) is 34.9 Å². The molecule has 1 aliphatic rings. The number of rotatable bonds is 8. The minimum atomic E-state index is 0.490. The summed E-state index contributed by atoms with van der Waals surface area (Å²) in [6.07, 6.45) is 1.72. The molecule has 6 heteroatoms. The summed E-state index contributed by atoms with van der Waals surface area (Å²) in [5.74, 6) is 2.93. The van der Waals surface area contributed by atoms with Crippen LogP contribution >= 0.6 is 15.9 Å². The van der Waals surface area contributed by atoms with Gasteiger partial charge in [0, 0.05) is 12.0 Å². The first kappa shape index (κ1) is 23.2. The molecule has 0 saturated heterocycles. The van der Waals surface area contributed by atoms with Crippen molar-refractivity contribution in [3.05, 3.63) is 81.3 Å². The number of nitrogens with zero attached hydrogens (tertiary/aromatic N) is 1. The van der Waals surface area contributed by atoms with Crippen LogP contribution in [0.3, 0.4) is 0 Å². The number of fused-ring (bicyclic) bond motifs is 1. The summed E-state index contributed by atoms with van der Waals surface area (Å²) < 4.78 is 26.1. The lowest BCUT2D eigenvalue weighted by atomic mass is 9.92. The highest BCUT2D eigenvalue weighted by Gasteiger charge is 2.27. The van der Waals surface area contributed by atoms with E-state index >= 15 is 0 Å². The van der Waals surface area contributed by atoms with E-state index in [-0.39, 0.29) is 0 Å². The van der Waals surface area contributed by atoms with Crippen molar-refractivity contribution in [2.45, 2.75) is 19.4 Å². The van der Waals surface area contributed by atoms with E-state index in [1.807, 2.05) is 24.3 Å². The fraction of sp³-hybridized carbons (Fsp3) is 0.296. The molecule has 0 spiro atoms. The molecule has 0 amide bonds. The Bertz CT molecular complexity index is 1170. The van der Waals surface area contributed by atoms with Crippen molar-refractivity contribution < 1.29 is 23.5 Å². The molecule has 3 aromatic rings. The standard InChI is InChI=1S/C27H29BrNO4/c1-29-11-10-20-15-24(30-2)25(33-17-18-8-6-5-7-9-18)16-21(20)23(29)13-19-12-22(28)27(32-4)26(14-19)31-3/h5-9,12,14-16H,10-11,13,17H2,1-4H3/q+1. The van der Waals surface area contributed by atoms with E-state index in [1.54, 1.807) is 21.3 Å². The van der Waals surface area contributed by atoms with E-state index in [0.717, 1.165) is 46.5 Å². The minimum absolute atomic E-state index is 0.490. The van der Waals surface area contributed by atoms with Crippen LogP contribution in [0, 0.1) is 0 Å². The highest BCUT2D eigenvalue weighted by atomic mass is 79.9. The minimum Gasteiger partial charge on any atom is -0.493 e. The normalized spacial score (nSPS) is 12.9. The van der Waals surface area contributed by atoms with Gasteiger partial charge >= 0.3 is 0 Å². The highest BCUT2D eigenvalue weighted by Crippen LogP contribution is 2.38. The summed E-state index contributed by atoms with van der Waals surface area (Å²) in [5.41, 5.74) is 5.96. The second-order valence-corrected chi connectivity index (χ2v) is 8.90. The van der Waals surface area contributed by atoms with Gasteiger partial charge in [-0.05, 0) is 56.9 Å². The van der Waals surface area contributed by atoms with E-state index in [0.29, 0.717) is 18.1 Å². The van der Waals surface area contributed by atoms with Gasteiger partial charge in [-0.3, -0.25) is 0 Å². The molecule has 0 unspecified atom stereocenters. The maximum atomic E-state index is 6.20. The molecule has 0 bridgehead atoms. The average molecular weight is 511 g/mol. The van der Waals surface area contributed by atoms with Gasteiger partial charge in [-0.1, -0.05) is 30.3 Å². The molecule has 3 aromatic carbocycles. The quantitative estimate of drug-likeness (QED) is 0.386. The summed E-state index contributed by atoms with van der Waals surface area (Å²) in [5, 5.41) is 0. The molecule has 1 aliphatic heterocycles. The van der Waals surface area contributed by atoms with Gasteiger partial charge in [-0.2, -0.15) is 0 Å². The summed E-state index contributed by atoms with van der Waals surface area (Å²) in [6.45, 7) is 1.44. The molecular formula is C27H29BrNO4+. The topological polar surface area (TPSA) is 39.9 Å². The third kappa shape index (κ3) is 5.01. The van der Waals surface area contributed by atoms with E-state index in [9.17, 15) is 0 Å². The predicted octanol–water partition coefficient (Wildman–Crippen LogP) is 5.28. The maximum Gasteiger partial charge on any atom is 0.187 e. The van der Waals surface area contributed by atoms with Gasteiger partial charge in [0.25, 0.3) is 0 Å². The van der Waals surface area contributed by atoms with Gasteiger partial charge in [-0.15, -0.1) is 0 Å². The Balaban J connectivity index is 1.68. The van der Waals surface area contributed by atoms with Gasteiger partial charge in [0.1, 0.15) is 20.2 Å². The van der Waals surface area contributed by atoms with E-state index < -0.39 is 0 Å². The summed E-state index contributed by atoms with van der Waals surface area (Å²) in [4.78, 5) is 0. The molecule has 0 aromatic heterocycles. The Kier molecular flexibility index (Phi) is 7.23. The summed E-state index contributed by atoms with van der Waals surface area (Å²) in [7, 11) is 7.14. The van der Waals surface area contributed by atoms with E-state index in [4.69, 9.17) is 18.9 Å². The number of likely N-dealkylation sites (N-methyl/N-ethyl adjacent to an activating group) is 1. The predicted molar refractivity (Wildman–Crippen MR) is 134 cm³/mol. The number of hydrogen-bond acceptors (Lipinski definition) is 4. The van der Waals surface area contributed by atoms with Crippen LogP contribution in [0.25, 0.3) is 0 Å². The van der Waals surface area contributed by atoms with E-state index in [1.165, 1.54) is 16.8 Å². The van der Waals surface area contributed by atoms with Crippen LogP contribution in [0.5, 0.6) is 23.0 Å². The monoisotopic (exact) mass is 510 g/mol. The molecule has 172 valence electrons. The van der Waals surface area contributed by atoms with Gasteiger partial charge in [0.2, 0.25) is 0 Å². The first-order valence-electron chi connectivity index (χ1n) is 10.9. The number of ether oxygens (including phenoxy) is 4. The fourth-order valence-electron chi connectivity index (χ4n) is 4.21. The molecule has 0 radical (unpaired) electrons. The molecule has 4 rings (SSSR count). The van der Waals surface area contributed by atoms with Crippen molar-refractivity contribution in [2.24, 2.45) is 0 Å². The molecule has 5 nitrogen and oxygen atoms in total. The van der Waals surface area contributed by atoms with Crippen LogP contribution < -0.4 is 18.9 Å². The molecule has 33 heavy (non-hydrogen) atoms. The lowest BCUT2D eigenvalue weighted by molar-refractivity contribution is -0.498. The first-order chi connectivity index (χ1) is 16.0. The van der Waals surface area contributed by atoms with Gasteiger partial charge in [0.15, 0.2) is 28.7 Å². The zero-order chi connectivity index (χ0) is 23.4. The van der Waals surface area contributed by atoms with Crippen LogP contribution in [-0.2, 0) is 19.4 Å². The Hall–Kier alpha value is -2.99. The van der Waals surface area contributed by atoms with Gasteiger partial charge in [-0.25, -0.2) is 4.58 Å². The van der Waals surface area contributed by atoms with Crippen LogP contribution in [0.2, 0.25) is 0 Å². The van der Waals surface area contributed by atoms with Crippen molar-refractivity contribution >= 4 is 21.6 Å². The third-order valence-electron chi connectivity index (χ3n) is 5.98. The molecule has 0 fully saturated rings. The molecule has 0 N–H and O–H groups in total. The second-order valence-electron chi connectivity index (χ2n) is 8.04. The van der Waals surface area contributed by atoms with Crippen LogP contribution in [0.15, 0.2) is 59.1 Å². The number of methoxy groups -OCH3 is 3. The second kappa shape index (κ2) is 10.3. The SMILES string of the molecule is COc1cc2c(cc1OCc1ccccc1)C(Cc1cc(Br)c(OC)c(OC)c1)=[N+](C)CC2. The van der Waals surface area contributed by atoms with Crippen molar-refractivity contribution in [1.82, 2.24) is 0 Å². The number of hydrogen-bond donors (Lipinski definition) is 0. The first-order valence-corrected chi connectivity index (χ1v) is 11.7. The molecule has 0 aliphatic carbocycles. The third-order valence-corrected chi connectivity index (χ3v) is 6.57. The molecule has 0 atom stereocenters.